The summed E-state index contributed by atoms with van der Waals surface area (Å²) < 4.78 is 5.78. The molecule has 22 heavy (non-hydrogen) atoms. The van der Waals surface area contributed by atoms with Crippen LogP contribution in [-0.4, -0.2) is 47.8 Å². The number of aliphatic hydroxyl groups is 1. The smallest absolute Gasteiger partial charge is 0.263 e. The highest BCUT2D eigenvalue weighted by Gasteiger charge is 2.56. The Morgan fingerprint density at radius 1 is 1.45 bits per heavy atom. The Morgan fingerprint density at radius 2 is 2.14 bits per heavy atom. The molecule has 2 heterocycles. The van der Waals surface area contributed by atoms with Crippen LogP contribution in [0, 0.1) is 19.3 Å². The van der Waals surface area contributed by atoms with Crippen molar-refractivity contribution < 1.29 is 14.6 Å². The van der Waals surface area contributed by atoms with Gasteiger partial charge in [-0.1, -0.05) is 0 Å². The summed E-state index contributed by atoms with van der Waals surface area (Å²) in [5, 5.41) is 10.2. The molecule has 1 aliphatic heterocycles. The number of aliphatic hydroxyl groups excluding tert-OH is 1. The Kier molecular flexibility index (Phi) is 4.32. The fraction of sp³-hybridized carbons (Fsp3) is 0.706. The molecule has 3 rings (SSSR count). The number of aryl methyl sites for hydroxylation is 2. The second-order valence-corrected chi connectivity index (χ2v) is 7.83. The Balaban J connectivity index is 1.65. The van der Waals surface area contributed by atoms with E-state index in [2.05, 4.69) is 6.92 Å². The molecule has 1 N–H and O–H groups in total. The second kappa shape index (κ2) is 5.95. The van der Waals surface area contributed by atoms with Crippen LogP contribution < -0.4 is 0 Å². The minimum Gasteiger partial charge on any atom is -0.392 e. The minimum absolute atomic E-state index is 0.117. The van der Waals surface area contributed by atoms with Crippen LogP contribution in [0.1, 0.15) is 46.3 Å². The van der Waals surface area contributed by atoms with Gasteiger partial charge in [0.25, 0.3) is 5.91 Å². The number of amides is 1. The van der Waals surface area contributed by atoms with Crippen molar-refractivity contribution in [2.24, 2.45) is 5.41 Å². The number of nitrogens with zero attached hydrogens (tertiary/aromatic N) is 1. The number of rotatable bonds is 3. The van der Waals surface area contributed by atoms with Crippen LogP contribution in [0.4, 0.5) is 0 Å². The van der Waals surface area contributed by atoms with E-state index in [0.717, 1.165) is 37.2 Å². The molecule has 2 fully saturated rings. The maximum atomic E-state index is 12.6. The van der Waals surface area contributed by atoms with Crippen molar-refractivity contribution in [3.63, 3.8) is 0 Å². The van der Waals surface area contributed by atoms with Crippen LogP contribution in [0.25, 0.3) is 0 Å². The fourth-order valence-electron chi connectivity index (χ4n) is 3.78. The molecule has 0 unspecified atom stereocenters. The summed E-state index contributed by atoms with van der Waals surface area (Å²) in [7, 11) is 0. The van der Waals surface area contributed by atoms with Crippen molar-refractivity contribution >= 4 is 17.2 Å². The third kappa shape index (κ3) is 2.49. The number of carbonyl (C=O) groups excluding carboxylic acids is 1. The average molecular weight is 323 g/mol. The van der Waals surface area contributed by atoms with Crippen molar-refractivity contribution in [1.82, 2.24) is 4.90 Å². The van der Waals surface area contributed by atoms with E-state index in [0.29, 0.717) is 6.61 Å². The van der Waals surface area contributed by atoms with Crippen LogP contribution in [0.2, 0.25) is 0 Å². The first kappa shape index (κ1) is 16.0. The first-order chi connectivity index (χ1) is 10.5. The molecule has 0 bridgehead atoms. The third-order valence-electron chi connectivity index (χ3n) is 5.47. The van der Waals surface area contributed by atoms with E-state index >= 15 is 0 Å². The van der Waals surface area contributed by atoms with Gasteiger partial charge in [-0.15, -0.1) is 11.3 Å². The number of ether oxygens (including phenoxy) is 1. The Bertz CT molecular complexity index is 539. The Morgan fingerprint density at radius 3 is 2.64 bits per heavy atom. The summed E-state index contributed by atoms with van der Waals surface area (Å²) in [5.41, 5.74) is 1.07. The lowest BCUT2D eigenvalue weighted by Gasteiger charge is -2.56. The molecular weight excluding hydrogens is 298 g/mol. The zero-order chi connectivity index (χ0) is 15.9. The zero-order valence-corrected chi connectivity index (χ0v) is 14.4. The van der Waals surface area contributed by atoms with Gasteiger partial charge in [-0.2, -0.15) is 0 Å². The maximum absolute atomic E-state index is 12.6. The van der Waals surface area contributed by atoms with E-state index in [4.69, 9.17) is 4.74 Å². The van der Waals surface area contributed by atoms with Gasteiger partial charge >= 0.3 is 0 Å². The molecule has 1 saturated heterocycles. The van der Waals surface area contributed by atoms with Crippen molar-refractivity contribution in [3.8, 4) is 0 Å². The summed E-state index contributed by atoms with van der Waals surface area (Å²) in [6, 6.07) is 1.99. The zero-order valence-electron chi connectivity index (χ0n) is 13.6. The topological polar surface area (TPSA) is 49.8 Å². The van der Waals surface area contributed by atoms with Gasteiger partial charge in [0.1, 0.15) is 0 Å². The molecule has 1 aliphatic carbocycles. The minimum atomic E-state index is -0.271. The summed E-state index contributed by atoms with van der Waals surface area (Å²) in [6.45, 7) is 8.23. The number of hydrogen-bond acceptors (Lipinski definition) is 4. The SMILES string of the molecule is CCO[C@@H]1C[C@H](O)C12CCN(C(=O)c1cc(C)c(C)s1)CC2. The van der Waals surface area contributed by atoms with E-state index in [1.165, 1.54) is 10.4 Å². The Hall–Kier alpha value is -0.910. The lowest BCUT2D eigenvalue weighted by Crippen LogP contribution is -2.62. The van der Waals surface area contributed by atoms with E-state index in [9.17, 15) is 9.90 Å². The first-order valence-electron chi connectivity index (χ1n) is 8.14. The quantitative estimate of drug-likeness (QED) is 0.930. The fourth-order valence-corrected chi connectivity index (χ4v) is 4.78. The van der Waals surface area contributed by atoms with Crippen LogP contribution in [0.15, 0.2) is 6.07 Å². The lowest BCUT2D eigenvalue weighted by atomic mass is 9.58. The number of piperidine rings is 1. The predicted molar refractivity (Wildman–Crippen MR) is 87.4 cm³/mol. The maximum Gasteiger partial charge on any atom is 0.263 e. The molecule has 5 heteroatoms. The summed E-state index contributed by atoms with van der Waals surface area (Å²) in [4.78, 5) is 16.6. The monoisotopic (exact) mass is 323 g/mol. The molecule has 4 nitrogen and oxygen atoms in total. The molecule has 0 aromatic carbocycles. The highest BCUT2D eigenvalue weighted by Crippen LogP contribution is 2.51. The molecule has 1 spiro atoms. The van der Waals surface area contributed by atoms with E-state index in [1.54, 1.807) is 11.3 Å². The van der Waals surface area contributed by atoms with Crippen LogP contribution in [0.5, 0.6) is 0 Å². The van der Waals surface area contributed by atoms with Gasteiger partial charge in [-0.25, -0.2) is 0 Å². The van der Waals surface area contributed by atoms with Gasteiger partial charge in [-0.3, -0.25) is 4.79 Å². The highest BCUT2D eigenvalue weighted by molar-refractivity contribution is 7.14. The number of thiophene rings is 1. The lowest BCUT2D eigenvalue weighted by molar-refractivity contribution is -0.207. The van der Waals surface area contributed by atoms with Crippen molar-refractivity contribution in [3.05, 3.63) is 21.4 Å². The van der Waals surface area contributed by atoms with E-state index < -0.39 is 0 Å². The third-order valence-corrected chi connectivity index (χ3v) is 6.61. The molecule has 0 radical (unpaired) electrons. The summed E-state index contributed by atoms with van der Waals surface area (Å²) >= 11 is 1.58. The first-order valence-corrected chi connectivity index (χ1v) is 8.95. The number of likely N-dealkylation sites (tertiary alicyclic amines) is 1. The van der Waals surface area contributed by atoms with Gasteiger partial charge in [0.15, 0.2) is 0 Å². The number of hydrogen-bond donors (Lipinski definition) is 1. The molecule has 1 saturated carbocycles. The molecule has 122 valence electrons. The van der Waals surface area contributed by atoms with Gasteiger partial charge in [0.2, 0.25) is 0 Å². The predicted octanol–water partition coefficient (Wildman–Crippen LogP) is 2.76. The van der Waals surface area contributed by atoms with Gasteiger partial charge in [0, 0.05) is 36.4 Å². The number of carbonyl (C=O) groups is 1. The van der Waals surface area contributed by atoms with Gasteiger partial charge < -0.3 is 14.7 Å². The largest absolute Gasteiger partial charge is 0.392 e. The molecule has 2 atom stereocenters. The summed E-state index contributed by atoms with van der Waals surface area (Å²) in [5.74, 6) is 0.137. The van der Waals surface area contributed by atoms with E-state index in [-0.39, 0.29) is 23.5 Å². The standard InChI is InChI=1S/C17H25NO3S/c1-4-21-15-10-14(19)17(15)5-7-18(8-6-17)16(20)13-9-11(2)12(3)22-13/h9,14-15,19H,4-8,10H2,1-3H3/t14-,15+/m0/s1. The van der Waals surface area contributed by atoms with Gasteiger partial charge in [-0.05, 0) is 45.2 Å². The van der Waals surface area contributed by atoms with Crippen molar-refractivity contribution in [1.29, 1.82) is 0 Å². The van der Waals surface area contributed by atoms with Gasteiger partial charge in [0.05, 0.1) is 17.1 Å². The summed E-state index contributed by atoms with van der Waals surface area (Å²) in [6.07, 6.45) is 2.32. The second-order valence-electron chi connectivity index (χ2n) is 6.57. The normalized spacial score (nSPS) is 27.0. The van der Waals surface area contributed by atoms with E-state index in [1.807, 2.05) is 24.8 Å². The van der Waals surface area contributed by atoms with Crippen molar-refractivity contribution in [2.75, 3.05) is 19.7 Å². The molecule has 1 amide bonds. The molecular formula is C17H25NO3S. The van der Waals surface area contributed by atoms with Crippen LogP contribution in [0.3, 0.4) is 0 Å². The molecule has 1 aromatic heterocycles. The Labute approximate surface area is 136 Å². The molecule has 1 aromatic rings. The van der Waals surface area contributed by atoms with Crippen LogP contribution in [-0.2, 0) is 4.74 Å². The highest BCUT2D eigenvalue weighted by atomic mass is 32.1. The van der Waals surface area contributed by atoms with Crippen LogP contribution >= 0.6 is 11.3 Å². The average Bonchev–Trinajstić information content (AvgIpc) is 2.86. The molecule has 2 aliphatic rings. The van der Waals surface area contributed by atoms with Crippen molar-refractivity contribution in [2.45, 2.75) is 52.2 Å².